The largest absolute Gasteiger partial charge is 0.391 e. The highest BCUT2D eigenvalue weighted by Crippen LogP contribution is 2.26. The average Bonchev–Trinajstić information content (AvgIpc) is 2.22. The summed E-state index contributed by atoms with van der Waals surface area (Å²) in [5.41, 5.74) is 0. The van der Waals surface area contributed by atoms with Crippen LogP contribution < -0.4 is 0 Å². The van der Waals surface area contributed by atoms with E-state index in [0.29, 0.717) is 6.42 Å². The van der Waals surface area contributed by atoms with Crippen LogP contribution in [0.5, 0.6) is 0 Å². The van der Waals surface area contributed by atoms with Crippen molar-refractivity contribution < 1.29 is 14.6 Å². The number of ether oxygens (including phenoxy) is 1. The molecule has 1 rings (SSSR count). The summed E-state index contributed by atoms with van der Waals surface area (Å²) in [6.45, 7) is 3.74. The van der Waals surface area contributed by atoms with Crippen molar-refractivity contribution in [2.45, 2.75) is 24.7 Å². The van der Waals surface area contributed by atoms with Crippen molar-refractivity contribution >= 4 is 5.91 Å². The zero-order valence-corrected chi connectivity index (χ0v) is 8.72. The quantitative estimate of drug-likeness (QED) is 0.387. The number of hydrogen-bond donors (Lipinski definition) is 1. The molecule has 0 aromatic carbocycles. The van der Waals surface area contributed by atoms with Gasteiger partial charge in [-0.1, -0.05) is 12.0 Å². The van der Waals surface area contributed by atoms with Gasteiger partial charge in [-0.15, -0.1) is 13.0 Å². The molecule has 0 unspecified atom stereocenters. The van der Waals surface area contributed by atoms with Crippen LogP contribution in [0, 0.1) is 12.3 Å². The van der Waals surface area contributed by atoms with Gasteiger partial charge in [0.05, 0.1) is 18.7 Å². The molecule has 1 N–H and O–H groups in total. The van der Waals surface area contributed by atoms with Crippen molar-refractivity contribution in [3.05, 3.63) is 12.7 Å². The summed E-state index contributed by atoms with van der Waals surface area (Å²) in [6, 6.07) is -0.350. The maximum Gasteiger partial charge on any atom is 0.255 e. The van der Waals surface area contributed by atoms with Crippen LogP contribution in [-0.4, -0.2) is 47.8 Å². The number of likely N-dealkylation sites (tertiary alicyclic amines) is 1. The van der Waals surface area contributed by atoms with Crippen molar-refractivity contribution in [2.24, 2.45) is 0 Å². The number of aliphatic hydroxyl groups excluding tert-OH is 1. The fourth-order valence-corrected chi connectivity index (χ4v) is 1.78. The number of terminal acetylenes is 1. The van der Waals surface area contributed by atoms with Gasteiger partial charge in [0, 0.05) is 7.11 Å². The molecule has 4 nitrogen and oxygen atoms in total. The van der Waals surface area contributed by atoms with E-state index in [4.69, 9.17) is 11.2 Å². The summed E-state index contributed by atoms with van der Waals surface area (Å²) in [5, 5.41) is 9.77. The molecule has 0 aromatic rings. The van der Waals surface area contributed by atoms with Crippen molar-refractivity contribution in [3.8, 4) is 12.3 Å². The SMILES string of the molecule is C#CCN1C(=O)[C@H](OC)[C@@H]1[C@H](O)CC=C. The first kappa shape index (κ1) is 11.8. The van der Waals surface area contributed by atoms with Gasteiger partial charge in [-0.25, -0.2) is 0 Å². The lowest BCUT2D eigenvalue weighted by Gasteiger charge is -2.47. The van der Waals surface area contributed by atoms with Crippen LogP contribution in [-0.2, 0) is 9.53 Å². The Morgan fingerprint density at radius 2 is 2.53 bits per heavy atom. The molecule has 1 heterocycles. The Kier molecular flexibility index (Phi) is 3.89. The van der Waals surface area contributed by atoms with Crippen LogP contribution in [0.3, 0.4) is 0 Å². The normalized spacial score (nSPS) is 26.7. The van der Waals surface area contributed by atoms with Gasteiger partial charge in [-0.05, 0) is 6.42 Å². The lowest BCUT2D eigenvalue weighted by atomic mass is 9.91. The highest BCUT2D eigenvalue weighted by Gasteiger charge is 2.50. The lowest BCUT2D eigenvalue weighted by Crippen LogP contribution is -2.69. The second-order valence-electron chi connectivity index (χ2n) is 3.41. The Morgan fingerprint density at radius 3 is 3.00 bits per heavy atom. The van der Waals surface area contributed by atoms with E-state index in [0.717, 1.165) is 0 Å². The van der Waals surface area contributed by atoms with Crippen LogP contribution in [0.1, 0.15) is 6.42 Å². The average molecular weight is 209 g/mol. The molecule has 1 saturated heterocycles. The molecule has 0 bridgehead atoms. The molecule has 15 heavy (non-hydrogen) atoms. The molecule has 0 aliphatic carbocycles. The minimum Gasteiger partial charge on any atom is -0.391 e. The molecule has 82 valence electrons. The van der Waals surface area contributed by atoms with Gasteiger partial charge in [0.25, 0.3) is 5.91 Å². The summed E-state index contributed by atoms with van der Waals surface area (Å²) in [4.78, 5) is 12.9. The Labute approximate surface area is 89.5 Å². The van der Waals surface area contributed by atoms with E-state index in [1.807, 2.05) is 0 Å². The van der Waals surface area contributed by atoms with Gasteiger partial charge in [-0.3, -0.25) is 4.79 Å². The molecule has 3 atom stereocenters. The van der Waals surface area contributed by atoms with Gasteiger partial charge in [0.15, 0.2) is 6.10 Å². The van der Waals surface area contributed by atoms with Crippen molar-refractivity contribution in [2.75, 3.05) is 13.7 Å². The fraction of sp³-hybridized carbons (Fsp3) is 0.545. The molecule has 1 aliphatic rings. The zero-order valence-electron chi connectivity index (χ0n) is 8.72. The fourth-order valence-electron chi connectivity index (χ4n) is 1.78. The monoisotopic (exact) mass is 209 g/mol. The molecule has 0 aromatic heterocycles. The van der Waals surface area contributed by atoms with E-state index in [1.54, 1.807) is 6.08 Å². The van der Waals surface area contributed by atoms with Gasteiger partial charge < -0.3 is 14.7 Å². The summed E-state index contributed by atoms with van der Waals surface area (Å²) >= 11 is 0. The molecular formula is C11H15NO3. The third-order valence-electron chi connectivity index (χ3n) is 2.51. The third kappa shape index (κ3) is 2.04. The van der Waals surface area contributed by atoms with Gasteiger partial charge in [-0.2, -0.15) is 0 Å². The lowest BCUT2D eigenvalue weighted by molar-refractivity contribution is -0.178. The number of hydrogen-bond acceptors (Lipinski definition) is 3. The number of rotatable bonds is 5. The van der Waals surface area contributed by atoms with Crippen LogP contribution in [0.25, 0.3) is 0 Å². The second-order valence-corrected chi connectivity index (χ2v) is 3.41. The smallest absolute Gasteiger partial charge is 0.255 e. The Morgan fingerprint density at radius 1 is 1.87 bits per heavy atom. The van der Waals surface area contributed by atoms with E-state index in [-0.39, 0.29) is 18.5 Å². The zero-order chi connectivity index (χ0) is 11.4. The summed E-state index contributed by atoms with van der Waals surface area (Å²) in [5.74, 6) is 2.22. The number of carbonyl (C=O) groups excluding carboxylic acids is 1. The van der Waals surface area contributed by atoms with Gasteiger partial charge in [0.2, 0.25) is 0 Å². The topological polar surface area (TPSA) is 49.8 Å². The second kappa shape index (κ2) is 4.96. The van der Waals surface area contributed by atoms with Crippen molar-refractivity contribution in [1.82, 2.24) is 4.90 Å². The number of methoxy groups -OCH3 is 1. The maximum absolute atomic E-state index is 11.5. The third-order valence-corrected chi connectivity index (χ3v) is 2.51. The highest BCUT2D eigenvalue weighted by molar-refractivity contribution is 5.89. The van der Waals surface area contributed by atoms with Crippen LogP contribution in [0.15, 0.2) is 12.7 Å². The number of amides is 1. The van der Waals surface area contributed by atoms with Crippen LogP contribution >= 0.6 is 0 Å². The van der Waals surface area contributed by atoms with E-state index in [1.165, 1.54) is 12.0 Å². The molecule has 0 saturated carbocycles. The molecule has 1 fully saturated rings. The van der Waals surface area contributed by atoms with Gasteiger partial charge >= 0.3 is 0 Å². The van der Waals surface area contributed by atoms with Crippen molar-refractivity contribution in [3.63, 3.8) is 0 Å². The number of nitrogens with zero attached hydrogens (tertiary/aromatic N) is 1. The summed E-state index contributed by atoms with van der Waals surface area (Å²) < 4.78 is 5.00. The predicted octanol–water partition coefficient (Wildman–Crippen LogP) is -0.218. The first-order valence-electron chi connectivity index (χ1n) is 4.73. The number of carbonyl (C=O) groups is 1. The van der Waals surface area contributed by atoms with E-state index >= 15 is 0 Å². The molecule has 1 aliphatic heterocycles. The van der Waals surface area contributed by atoms with Crippen LogP contribution in [0.4, 0.5) is 0 Å². The van der Waals surface area contributed by atoms with E-state index in [9.17, 15) is 9.90 Å². The summed E-state index contributed by atoms with van der Waals surface area (Å²) in [6.07, 6.45) is 5.92. The standard InChI is InChI=1S/C11H15NO3/c1-4-6-8(13)9-10(15-3)11(14)12(9)7-5-2/h2,4,8-10,13H,1,6-7H2,3H3/t8-,9+,10-/m1/s1. The molecular weight excluding hydrogens is 194 g/mol. The van der Waals surface area contributed by atoms with E-state index in [2.05, 4.69) is 12.5 Å². The van der Waals surface area contributed by atoms with E-state index < -0.39 is 12.2 Å². The minimum absolute atomic E-state index is 0.163. The number of aliphatic hydroxyl groups is 1. The van der Waals surface area contributed by atoms with Gasteiger partial charge in [0.1, 0.15) is 0 Å². The van der Waals surface area contributed by atoms with Crippen LogP contribution in [0.2, 0.25) is 0 Å². The minimum atomic E-state index is -0.668. The highest BCUT2D eigenvalue weighted by atomic mass is 16.5. The predicted molar refractivity (Wildman–Crippen MR) is 56.0 cm³/mol. The Balaban J connectivity index is 2.69. The maximum atomic E-state index is 11.5. The molecule has 4 heteroatoms. The molecule has 1 amide bonds. The molecule has 0 radical (unpaired) electrons. The summed E-state index contributed by atoms with van der Waals surface area (Å²) in [7, 11) is 1.45. The number of β-lactam (4-membered cyclic amide) rings is 1. The first-order valence-corrected chi connectivity index (χ1v) is 4.73. The van der Waals surface area contributed by atoms with Crippen molar-refractivity contribution in [1.29, 1.82) is 0 Å². The first-order chi connectivity index (χ1) is 7.17. The Bertz CT molecular complexity index is 295. The Hall–Kier alpha value is -1.31. The molecule has 0 spiro atoms.